The monoisotopic (exact) mass is 395 g/mol. The quantitative estimate of drug-likeness (QED) is 0.438. The SMILES string of the molecule is Fc1ccc(-c2nnc(CNc3ccccc3Oc3ccccc3Cl)o2)cc1. The molecule has 0 amide bonds. The number of ether oxygens (including phenoxy) is 1. The second-order valence-corrected chi connectivity index (χ2v) is 6.30. The van der Waals surface area contributed by atoms with E-state index in [9.17, 15) is 4.39 Å². The van der Waals surface area contributed by atoms with Gasteiger partial charge in [-0.25, -0.2) is 4.39 Å². The molecule has 0 spiro atoms. The predicted octanol–water partition coefficient (Wildman–Crippen LogP) is 5.93. The van der Waals surface area contributed by atoms with Crippen LogP contribution in [0.2, 0.25) is 5.02 Å². The van der Waals surface area contributed by atoms with Crippen molar-refractivity contribution in [2.45, 2.75) is 6.54 Å². The van der Waals surface area contributed by atoms with Crippen LogP contribution in [0.1, 0.15) is 5.89 Å². The average molecular weight is 396 g/mol. The van der Waals surface area contributed by atoms with Gasteiger partial charge in [-0.15, -0.1) is 10.2 Å². The van der Waals surface area contributed by atoms with Crippen LogP contribution in [-0.2, 0) is 6.54 Å². The van der Waals surface area contributed by atoms with Gasteiger partial charge in [0, 0.05) is 5.56 Å². The molecule has 0 radical (unpaired) electrons. The lowest BCUT2D eigenvalue weighted by molar-refractivity contribution is 0.483. The Morgan fingerprint density at radius 2 is 1.61 bits per heavy atom. The van der Waals surface area contributed by atoms with E-state index in [-0.39, 0.29) is 5.82 Å². The molecular formula is C21H15ClFN3O2. The first-order valence-corrected chi connectivity index (χ1v) is 8.90. The Bertz CT molecular complexity index is 1080. The van der Waals surface area contributed by atoms with E-state index in [1.807, 2.05) is 36.4 Å². The Labute approximate surface area is 165 Å². The first-order valence-electron chi connectivity index (χ1n) is 8.52. The van der Waals surface area contributed by atoms with Gasteiger partial charge in [0.15, 0.2) is 5.75 Å². The number of benzene rings is 3. The van der Waals surface area contributed by atoms with Crippen LogP contribution in [-0.4, -0.2) is 10.2 Å². The lowest BCUT2D eigenvalue weighted by atomic mass is 10.2. The first kappa shape index (κ1) is 18.0. The highest BCUT2D eigenvalue weighted by Crippen LogP contribution is 2.33. The number of rotatable bonds is 6. The van der Waals surface area contributed by atoms with Crippen molar-refractivity contribution in [3.63, 3.8) is 0 Å². The topological polar surface area (TPSA) is 60.2 Å². The van der Waals surface area contributed by atoms with Crippen LogP contribution in [0.3, 0.4) is 0 Å². The van der Waals surface area contributed by atoms with Gasteiger partial charge in [0.05, 0.1) is 17.3 Å². The molecule has 0 fully saturated rings. The number of hydrogen-bond donors (Lipinski definition) is 1. The van der Waals surface area contributed by atoms with E-state index in [2.05, 4.69) is 15.5 Å². The lowest BCUT2D eigenvalue weighted by Crippen LogP contribution is -2.01. The number of nitrogens with zero attached hydrogens (tertiary/aromatic N) is 2. The number of hydrogen-bond acceptors (Lipinski definition) is 5. The van der Waals surface area contributed by atoms with E-state index >= 15 is 0 Å². The third-order valence-corrected chi connectivity index (χ3v) is 4.24. The van der Waals surface area contributed by atoms with Gasteiger partial charge in [0.2, 0.25) is 11.8 Å². The summed E-state index contributed by atoms with van der Waals surface area (Å²) >= 11 is 6.17. The summed E-state index contributed by atoms with van der Waals surface area (Å²) in [6.45, 7) is 0.303. The summed E-state index contributed by atoms with van der Waals surface area (Å²) in [4.78, 5) is 0. The third-order valence-electron chi connectivity index (χ3n) is 3.93. The van der Waals surface area contributed by atoms with E-state index < -0.39 is 0 Å². The van der Waals surface area contributed by atoms with E-state index in [0.29, 0.717) is 40.4 Å². The Morgan fingerprint density at radius 3 is 2.39 bits per heavy atom. The molecule has 1 heterocycles. The normalized spacial score (nSPS) is 10.6. The minimum absolute atomic E-state index is 0.303. The van der Waals surface area contributed by atoms with E-state index in [0.717, 1.165) is 5.69 Å². The van der Waals surface area contributed by atoms with Gasteiger partial charge in [-0.05, 0) is 48.5 Å². The van der Waals surface area contributed by atoms with Crippen molar-refractivity contribution in [1.29, 1.82) is 0 Å². The summed E-state index contributed by atoms with van der Waals surface area (Å²) in [6.07, 6.45) is 0. The highest BCUT2D eigenvalue weighted by molar-refractivity contribution is 6.32. The van der Waals surface area contributed by atoms with Crippen LogP contribution in [0.15, 0.2) is 77.2 Å². The van der Waals surface area contributed by atoms with Crippen molar-refractivity contribution in [2.24, 2.45) is 0 Å². The Balaban J connectivity index is 1.47. The maximum absolute atomic E-state index is 13.0. The molecule has 0 aliphatic rings. The fourth-order valence-electron chi connectivity index (χ4n) is 2.55. The van der Waals surface area contributed by atoms with Gasteiger partial charge in [-0.2, -0.15) is 0 Å². The average Bonchev–Trinajstić information content (AvgIpc) is 3.19. The molecule has 0 unspecified atom stereocenters. The van der Waals surface area contributed by atoms with Gasteiger partial charge >= 0.3 is 0 Å². The van der Waals surface area contributed by atoms with Crippen molar-refractivity contribution in [3.05, 3.63) is 89.5 Å². The minimum atomic E-state index is -0.319. The molecule has 140 valence electrons. The van der Waals surface area contributed by atoms with Gasteiger partial charge in [-0.3, -0.25) is 0 Å². The van der Waals surface area contributed by atoms with Gasteiger partial charge in [-0.1, -0.05) is 35.9 Å². The molecule has 0 atom stereocenters. The number of nitrogens with one attached hydrogen (secondary N) is 1. The Morgan fingerprint density at radius 1 is 0.893 bits per heavy atom. The fraction of sp³-hybridized carbons (Fsp3) is 0.0476. The third kappa shape index (κ3) is 4.13. The summed E-state index contributed by atoms with van der Waals surface area (Å²) in [5.41, 5.74) is 1.41. The van der Waals surface area contributed by atoms with Crippen molar-refractivity contribution in [1.82, 2.24) is 10.2 Å². The van der Waals surface area contributed by atoms with Crippen molar-refractivity contribution in [2.75, 3.05) is 5.32 Å². The van der Waals surface area contributed by atoms with Crippen molar-refractivity contribution < 1.29 is 13.5 Å². The maximum Gasteiger partial charge on any atom is 0.247 e. The summed E-state index contributed by atoms with van der Waals surface area (Å²) < 4.78 is 24.6. The largest absolute Gasteiger partial charge is 0.454 e. The Hall–Kier alpha value is -3.38. The molecule has 0 aliphatic carbocycles. The van der Waals surface area contributed by atoms with Crippen LogP contribution in [0.4, 0.5) is 10.1 Å². The standard InChI is InChI=1S/C21H15ClFN3O2/c22-16-5-1-3-7-18(16)27-19-8-4-2-6-17(19)24-13-20-25-26-21(28-20)14-9-11-15(23)12-10-14/h1-12,24H,13H2. The zero-order valence-electron chi connectivity index (χ0n) is 14.6. The highest BCUT2D eigenvalue weighted by atomic mass is 35.5. The van der Waals surface area contributed by atoms with Crippen LogP contribution in [0.25, 0.3) is 11.5 Å². The highest BCUT2D eigenvalue weighted by Gasteiger charge is 2.11. The smallest absolute Gasteiger partial charge is 0.247 e. The molecule has 0 bridgehead atoms. The molecule has 7 heteroatoms. The van der Waals surface area contributed by atoms with Gasteiger partial charge in [0.25, 0.3) is 0 Å². The second kappa shape index (κ2) is 8.10. The van der Waals surface area contributed by atoms with Crippen LogP contribution < -0.4 is 10.1 Å². The summed E-state index contributed by atoms with van der Waals surface area (Å²) in [6, 6.07) is 20.6. The minimum Gasteiger partial charge on any atom is -0.454 e. The van der Waals surface area contributed by atoms with E-state index in [1.54, 1.807) is 24.3 Å². The zero-order valence-corrected chi connectivity index (χ0v) is 15.4. The lowest BCUT2D eigenvalue weighted by Gasteiger charge is -2.12. The van der Waals surface area contributed by atoms with E-state index in [4.69, 9.17) is 20.8 Å². The summed E-state index contributed by atoms with van der Waals surface area (Å²) in [7, 11) is 0. The molecular weight excluding hydrogens is 381 g/mol. The number of para-hydroxylation sites is 3. The molecule has 0 saturated carbocycles. The van der Waals surface area contributed by atoms with Crippen LogP contribution >= 0.6 is 11.6 Å². The van der Waals surface area contributed by atoms with Gasteiger partial charge < -0.3 is 14.5 Å². The van der Waals surface area contributed by atoms with E-state index in [1.165, 1.54) is 12.1 Å². The molecule has 4 rings (SSSR count). The van der Waals surface area contributed by atoms with Gasteiger partial charge in [0.1, 0.15) is 11.6 Å². The predicted molar refractivity (Wildman–Crippen MR) is 105 cm³/mol. The Kier molecular flexibility index (Phi) is 5.21. The molecule has 0 saturated heterocycles. The fourth-order valence-corrected chi connectivity index (χ4v) is 2.73. The molecule has 28 heavy (non-hydrogen) atoms. The zero-order chi connectivity index (χ0) is 19.3. The second-order valence-electron chi connectivity index (χ2n) is 5.89. The molecule has 5 nitrogen and oxygen atoms in total. The van der Waals surface area contributed by atoms with Crippen LogP contribution in [0.5, 0.6) is 11.5 Å². The summed E-state index contributed by atoms with van der Waals surface area (Å²) in [5, 5.41) is 11.8. The molecule has 3 aromatic carbocycles. The first-order chi connectivity index (χ1) is 13.7. The number of halogens is 2. The van der Waals surface area contributed by atoms with Crippen molar-refractivity contribution >= 4 is 17.3 Å². The number of anilines is 1. The molecule has 1 aromatic heterocycles. The number of aromatic nitrogens is 2. The maximum atomic E-state index is 13.0. The van der Waals surface area contributed by atoms with Crippen molar-refractivity contribution in [3.8, 4) is 23.0 Å². The molecule has 0 aliphatic heterocycles. The summed E-state index contributed by atoms with van der Waals surface area (Å²) in [5.74, 6) is 1.59. The molecule has 4 aromatic rings. The van der Waals surface area contributed by atoms with Crippen LogP contribution in [0, 0.1) is 5.82 Å². The molecule has 1 N–H and O–H groups in total.